The van der Waals surface area contributed by atoms with E-state index in [-0.39, 0.29) is 17.8 Å². The van der Waals surface area contributed by atoms with E-state index in [0.29, 0.717) is 11.4 Å². The third kappa shape index (κ3) is 4.36. The number of hydrogen-bond acceptors (Lipinski definition) is 3. The molecule has 0 aliphatic heterocycles. The van der Waals surface area contributed by atoms with Gasteiger partial charge in [-0.3, -0.25) is 4.79 Å². The van der Waals surface area contributed by atoms with Crippen LogP contribution in [0.4, 0.5) is 4.39 Å². The smallest absolute Gasteiger partial charge is 0.261 e. The molecule has 3 nitrogen and oxygen atoms in total. The average molecular weight is 368 g/mol. The van der Waals surface area contributed by atoms with Gasteiger partial charge in [0.25, 0.3) is 5.91 Å². The van der Waals surface area contributed by atoms with Crippen molar-refractivity contribution in [3.63, 3.8) is 0 Å². The number of likely N-dealkylation sites (N-methyl/N-ethyl adjacent to an activating group) is 1. The van der Waals surface area contributed by atoms with Gasteiger partial charge < -0.3 is 10.2 Å². The molecule has 0 saturated heterocycles. The van der Waals surface area contributed by atoms with Gasteiger partial charge >= 0.3 is 0 Å². The maximum absolute atomic E-state index is 13.1. The van der Waals surface area contributed by atoms with Crippen LogP contribution in [-0.2, 0) is 0 Å². The van der Waals surface area contributed by atoms with Crippen molar-refractivity contribution in [3.8, 4) is 10.4 Å². The van der Waals surface area contributed by atoms with E-state index in [1.807, 2.05) is 44.4 Å². The standard InChI is InChI=1S/C21H21FN2OS/c1-24(2)18(15-6-4-3-5-7-15)14-23-21(25)20-13-12-19(26-20)16-8-10-17(22)11-9-16/h3-13,18H,14H2,1-2H3,(H,23,25)/t18-/m0/s1. The third-order valence-corrected chi connectivity index (χ3v) is 5.36. The Balaban J connectivity index is 1.67. The molecule has 0 spiro atoms. The highest BCUT2D eigenvalue weighted by Gasteiger charge is 2.16. The van der Waals surface area contributed by atoms with Gasteiger partial charge in [-0.1, -0.05) is 42.5 Å². The van der Waals surface area contributed by atoms with Crippen LogP contribution in [-0.4, -0.2) is 31.4 Å². The zero-order valence-electron chi connectivity index (χ0n) is 14.8. The van der Waals surface area contributed by atoms with E-state index >= 15 is 0 Å². The number of nitrogens with one attached hydrogen (secondary N) is 1. The largest absolute Gasteiger partial charge is 0.349 e. The Morgan fingerprint density at radius 2 is 1.73 bits per heavy atom. The molecular weight excluding hydrogens is 347 g/mol. The lowest BCUT2D eigenvalue weighted by molar-refractivity contribution is 0.0946. The lowest BCUT2D eigenvalue weighted by atomic mass is 10.1. The first-order valence-corrected chi connectivity index (χ1v) is 9.21. The van der Waals surface area contributed by atoms with Crippen molar-refractivity contribution in [2.45, 2.75) is 6.04 Å². The summed E-state index contributed by atoms with van der Waals surface area (Å²) in [5, 5.41) is 3.02. The minimum Gasteiger partial charge on any atom is -0.349 e. The maximum atomic E-state index is 13.1. The Labute approximate surface area is 157 Å². The molecule has 1 amide bonds. The van der Waals surface area contributed by atoms with Gasteiger partial charge in [-0.25, -0.2) is 4.39 Å². The SMILES string of the molecule is CN(C)[C@@H](CNC(=O)c1ccc(-c2ccc(F)cc2)s1)c1ccccc1. The number of nitrogens with zero attached hydrogens (tertiary/aromatic N) is 1. The van der Waals surface area contributed by atoms with E-state index in [4.69, 9.17) is 0 Å². The van der Waals surface area contributed by atoms with Crippen molar-refractivity contribution in [3.05, 3.63) is 83.0 Å². The van der Waals surface area contributed by atoms with E-state index in [2.05, 4.69) is 22.3 Å². The van der Waals surface area contributed by atoms with Gasteiger partial charge in [0.2, 0.25) is 0 Å². The van der Waals surface area contributed by atoms with Crippen LogP contribution in [0.2, 0.25) is 0 Å². The number of rotatable bonds is 6. The van der Waals surface area contributed by atoms with Crippen molar-refractivity contribution in [2.75, 3.05) is 20.6 Å². The van der Waals surface area contributed by atoms with Crippen molar-refractivity contribution < 1.29 is 9.18 Å². The van der Waals surface area contributed by atoms with E-state index in [9.17, 15) is 9.18 Å². The molecule has 1 aromatic heterocycles. The number of halogens is 1. The Morgan fingerprint density at radius 3 is 2.38 bits per heavy atom. The first-order chi connectivity index (χ1) is 12.5. The quantitative estimate of drug-likeness (QED) is 0.690. The zero-order valence-corrected chi connectivity index (χ0v) is 15.6. The fourth-order valence-electron chi connectivity index (χ4n) is 2.78. The monoisotopic (exact) mass is 368 g/mol. The van der Waals surface area contributed by atoms with Gasteiger partial charge in [-0.2, -0.15) is 0 Å². The Morgan fingerprint density at radius 1 is 1.04 bits per heavy atom. The molecule has 5 heteroatoms. The summed E-state index contributed by atoms with van der Waals surface area (Å²) < 4.78 is 13.1. The summed E-state index contributed by atoms with van der Waals surface area (Å²) in [4.78, 5) is 16.2. The third-order valence-electron chi connectivity index (χ3n) is 4.22. The lowest BCUT2D eigenvalue weighted by Crippen LogP contribution is -2.34. The van der Waals surface area contributed by atoms with Gasteiger partial charge in [0.15, 0.2) is 0 Å². The van der Waals surface area contributed by atoms with Crippen LogP contribution >= 0.6 is 11.3 Å². The van der Waals surface area contributed by atoms with Crippen LogP contribution in [0.5, 0.6) is 0 Å². The number of amides is 1. The summed E-state index contributed by atoms with van der Waals surface area (Å²) in [5.41, 5.74) is 2.07. The molecule has 26 heavy (non-hydrogen) atoms. The molecule has 0 radical (unpaired) electrons. The second-order valence-electron chi connectivity index (χ2n) is 6.27. The number of carbonyl (C=O) groups is 1. The molecule has 2 aromatic carbocycles. The fourth-order valence-corrected chi connectivity index (χ4v) is 3.71. The molecule has 1 N–H and O–H groups in total. The normalized spacial score (nSPS) is 12.2. The molecule has 1 atom stereocenters. The first-order valence-electron chi connectivity index (χ1n) is 8.40. The summed E-state index contributed by atoms with van der Waals surface area (Å²) in [6.45, 7) is 0.527. The highest BCUT2D eigenvalue weighted by molar-refractivity contribution is 7.17. The van der Waals surface area contributed by atoms with Crippen molar-refractivity contribution in [2.24, 2.45) is 0 Å². The van der Waals surface area contributed by atoms with Gasteiger partial charge in [0.1, 0.15) is 5.82 Å². The molecule has 0 fully saturated rings. The van der Waals surface area contributed by atoms with Gasteiger partial charge in [0.05, 0.1) is 10.9 Å². The summed E-state index contributed by atoms with van der Waals surface area (Å²) in [7, 11) is 4.00. The van der Waals surface area contributed by atoms with Crippen LogP contribution in [0.1, 0.15) is 21.3 Å². The maximum Gasteiger partial charge on any atom is 0.261 e. The van der Waals surface area contributed by atoms with E-state index in [1.165, 1.54) is 23.5 Å². The first kappa shape index (κ1) is 18.3. The van der Waals surface area contributed by atoms with E-state index in [0.717, 1.165) is 16.0 Å². The Hall–Kier alpha value is -2.50. The molecule has 0 bridgehead atoms. The summed E-state index contributed by atoms with van der Waals surface area (Å²) in [6.07, 6.45) is 0. The molecule has 134 valence electrons. The Kier molecular flexibility index (Phi) is 5.81. The highest BCUT2D eigenvalue weighted by Crippen LogP contribution is 2.28. The van der Waals surface area contributed by atoms with Crippen LogP contribution in [0.25, 0.3) is 10.4 Å². The summed E-state index contributed by atoms with van der Waals surface area (Å²) >= 11 is 1.41. The zero-order chi connectivity index (χ0) is 18.5. The van der Waals surface area contributed by atoms with Crippen LogP contribution in [0.3, 0.4) is 0 Å². The molecule has 0 aliphatic carbocycles. The number of thiophene rings is 1. The number of benzene rings is 2. The molecule has 3 aromatic rings. The van der Waals surface area contributed by atoms with Gasteiger partial charge in [0, 0.05) is 11.4 Å². The second kappa shape index (κ2) is 8.25. The fraction of sp³-hybridized carbons (Fsp3) is 0.190. The lowest BCUT2D eigenvalue weighted by Gasteiger charge is -2.25. The molecular formula is C21H21FN2OS. The van der Waals surface area contributed by atoms with Gasteiger partial charge in [-0.05, 0) is 49.5 Å². The summed E-state index contributed by atoms with van der Waals surface area (Å²) in [5.74, 6) is -0.356. The summed E-state index contributed by atoms with van der Waals surface area (Å²) in [6, 6.07) is 20.2. The number of hydrogen-bond donors (Lipinski definition) is 1. The molecule has 1 heterocycles. The van der Waals surface area contributed by atoms with Gasteiger partial charge in [-0.15, -0.1) is 11.3 Å². The average Bonchev–Trinajstić information content (AvgIpc) is 3.13. The molecule has 0 saturated carbocycles. The highest BCUT2D eigenvalue weighted by atomic mass is 32.1. The Bertz CT molecular complexity index is 859. The van der Waals surface area contributed by atoms with Crippen LogP contribution in [0.15, 0.2) is 66.7 Å². The van der Waals surface area contributed by atoms with Crippen LogP contribution in [0, 0.1) is 5.82 Å². The molecule has 0 unspecified atom stereocenters. The van der Waals surface area contributed by atoms with Crippen LogP contribution < -0.4 is 5.32 Å². The topological polar surface area (TPSA) is 32.3 Å². The minimum atomic E-state index is -0.265. The molecule has 3 rings (SSSR count). The van der Waals surface area contributed by atoms with E-state index in [1.54, 1.807) is 12.1 Å². The number of carbonyl (C=O) groups excluding carboxylic acids is 1. The predicted molar refractivity (Wildman–Crippen MR) is 105 cm³/mol. The van der Waals surface area contributed by atoms with E-state index < -0.39 is 0 Å². The van der Waals surface area contributed by atoms with Crippen molar-refractivity contribution >= 4 is 17.2 Å². The second-order valence-corrected chi connectivity index (χ2v) is 7.35. The predicted octanol–water partition coefficient (Wildman–Crippen LogP) is 4.59. The van der Waals surface area contributed by atoms with Crippen molar-refractivity contribution in [1.29, 1.82) is 0 Å². The molecule has 0 aliphatic rings. The van der Waals surface area contributed by atoms with Crippen molar-refractivity contribution in [1.82, 2.24) is 10.2 Å². The minimum absolute atomic E-state index is 0.0915.